The molecule has 0 radical (unpaired) electrons. The van der Waals surface area contributed by atoms with Crippen LogP contribution in [0.15, 0.2) is 71.6 Å². The third-order valence-corrected chi connectivity index (χ3v) is 6.00. The van der Waals surface area contributed by atoms with Crippen LogP contribution >= 0.6 is 0 Å². The predicted octanol–water partition coefficient (Wildman–Crippen LogP) is 3.97. The van der Waals surface area contributed by atoms with E-state index in [-0.39, 0.29) is 16.2 Å². The van der Waals surface area contributed by atoms with Gasteiger partial charge in [0.1, 0.15) is 16.5 Å². The fourth-order valence-electron chi connectivity index (χ4n) is 3.12. The van der Waals surface area contributed by atoms with Gasteiger partial charge in [0, 0.05) is 0 Å². The fraction of sp³-hybridized carbons (Fsp3) is 0.136. The highest BCUT2D eigenvalue weighted by atomic mass is 32.2. The quantitative estimate of drug-likeness (QED) is 0.595. The zero-order valence-electron chi connectivity index (χ0n) is 16.0. The van der Waals surface area contributed by atoms with Crippen LogP contribution < -0.4 is 9.46 Å². The van der Waals surface area contributed by atoms with Gasteiger partial charge in [0.2, 0.25) is 10.0 Å². The van der Waals surface area contributed by atoms with Gasteiger partial charge in [0.15, 0.2) is 5.78 Å². The summed E-state index contributed by atoms with van der Waals surface area (Å²) in [7, 11) is -2.66. The van der Waals surface area contributed by atoms with Crippen molar-refractivity contribution in [3.63, 3.8) is 0 Å². The molecule has 0 aliphatic rings. The van der Waals surface area contributed by atoms with Crippen LogP contribution in [0.3, 0.4) is 0 Å². The Morgan fingerprint density at radius 3 is 2.34 bits per heavy atom. The Kier molecular flexibility index (Phi) is 6.10. The third kappa shape index (κ3) is 4.36. The number of carbonyl (C=O) groups is 1. The molecule has 0 saturated carbocycles. The van der Waals surface area contributed by atoms with Crippen molar-refractivity contribution in [2.24, 2.45) is 0 Å². The Hall–Kier alpha value is -3.03. The van der Waals surface area contributed by atoms with Gasteiger partial charge in [-0.05, 0) is 41.8 Å². The topological polar surface area (TPSA) is 72.5 Å². The summed E-state index contributed by atoms with van der Waals surface area (Å²) >= 11 is 0. The van der Waals surface area contributed by atoms with Gasteiger partial charge in [0.25, 0.3) is 0 Å². The molecule has 0 aliphatic heterocycles. The Morgan fingerprint density at radius 2 is 1.66 bits per heavy atom. The van der Waals surface area contributed by atoms with Gasteiger partial charge in [-0.25, -0.2) is 17.5 Å². The number of nitrogens with one attached hydrogen (secondary N) is 1. The first kappa shape index (κ1) is 20.7. The molecule has 3 rings (SSSR count). The first-order valence-corrected chi connectivity index (χ1v) is 10.3. The molecule has 0 atom stereocenters. The number of methoxy groups -OCH3 is 1. The number of carbonyl (C=O) groups excluding carboxylic acids is 1. The minimum atomic E-state index is -4.01. The lowest BCUT2D eigenvalue weighted by molar-refractivity contribution is 0.0992. The van der Waals surface area contributed by atoms with Gasteiger partial charge < -0.3 is 4.74 Å². The number of ketones is 1. The van der Waals surface area contributed by atoms with Crippen LogP contribution in [0.5, 0.6) is 5.75 Å². The number of ether oxygens (including phenoxy) is 1. The van der Waals surface area contributed by atoms with Crippen molar-refractivity contribution in [2.45, 2.75) is 11.8 Å². The second-order valence-corrected chi connectivity index (χ2v) is 8.09. The summed E-state index contributed by atoms with van der Waals surface area (Å²) in [5.41, 5.74) is 1.88. The van der Waals surface area contributed by atoms with Crippen molar-refractivity contribution in [2.75, 3.05) is 13.7 Å². The van der Waals surface area contributed by atoms with E-state index in [1.807, 2.05) is 30.3 Å². The minimum absolute atomic E-state index is 0.0921. The van der Waals surface area contributed by atoms with Crippen molar-refractivity contribution >= 4 is 15.8 Å². The molecule has 7 heteroatoms. The van der Waals surface area contributed by atoms with Gasteiger partial charge in [-0.2, -0.15) is 0 Å². The molecule has 0 unspecified atom stereocenters. The van der Waals surface area contributed by atoms with Gasteiger partial charge in [-0.3, -0.25) is 4.79 Å². The molecule has 0 heterocycles. The highest BCUT2D eigenvalue weighted by Gasteiger charge is 2.23. The number of benzene rings is 3. The van der Waals surface area contributed by atoms with Crippen LogP contribution in [0.1, 0.15) is 15.9 Å². The monoisotopic (exact) mass is 413 g/mol. The minimum Gasteiger partial charge on any atom is -0.495 e. The van der Waals surface area contributed by atoms with E-state index in [0.29, 0.717) is 11.1 Å². The molecule has 5 nitrogen and oxygen atoms in total. The van der Waals surface area contributed by atoms with Gasteiger partial charge in [-0.15, -0.1) is 0 Å². The lowest BCUT2D eigenvalue weighted by atomic mass is 9.94. The number of para-hydroxylation sites is 1. The molecular weight excluding hydrogens is 393 g/mol. The fourth-order valence-corrected chi connectivity index (χ4v) is 4.27. The maximum Gasteiger partial charge on any atom is 0.244 e. The van der Waals surface area contributed by atoms with E-state index < -0.39 is 28.2 Å². The molecule has 3 aromatic carbocycles. The van der Waals surface area contributed by atoms with Crippen molar-refractivity contribution in [3.05, 3.63) is 83.7 Å². The smallest absolute Gasteiger partial charge is 0.244 e. The summed E-state index contributed by atoms with van der Waals surface area (Å²) in [5.74, 6) is -1.19. The van der Waals surface area contributed by atoms with Crippen LogP contribution in [0.2, 0.25) is 0 Å². The standard InChI is InChI=1S/C22H20FNO4S/c1-15-17(16-8-4-3-5-9-16)12-13-18(23)22(15)19(25)14-24-29(26,27)21-11-7-6-10-20(21)28-2/h3-13,24H,14H2,1-2H3. The zero-order chi connectivity index (χ0) is 21.0. The molecular formula is C22H20FNO4S. The number of halogens is 1. The first-order chi connectivity index (χ1) is 13.8. The molecule has 0 amide bonds. The van der Waals surface area contributed by atoms with Crippen LogP contribution in [-0.4, -0.2) is 27.9 Å². The maximum atomic E-state index is 14.4. The van der Waals surface area contributed by atoms with E-state index in [2.05, 4.69) is 4.72 Å². The van der Waals surface area contributed by atoms with E-state index in [9.17, 15) is 17.6 Å². The first-order valence-electron chi connectivity index (χ1n) is 8.85. The summed E-state index contributed by atoms with van der Waals surface area (Å²) in [6.07, 6.45) is 0. The molecule has 0 bridgehead atoms. The molecule has 150 valence electrons. The number of hydrogen-bond donors (Lipinski definition) is 1. The highest BCUT2D eigenvalue weighted by Crippen LogP contribution is 2.28. The van der Waals surface area contributed by atoms with Gasteiger partial charge in [0.05, 0.1) is 19.2 Å². The van der Waals surface area contributed by atoms with Crippen LogP contribution in [0.25, 0.3) is 11.1 Å². The molecule has 0 fully saturated rings. The molecule has 0 aromatic heterocycles. The molecule has 0 aliphatic carbocycles. The summed E-state index contributed by atoms with van der Waals surface area (Å²) in [5, 5.41) is 0. The zero-order valence-corrected chi connectivity index (χ0v) is 16.8. The second kappa shape index (κ2) is 8.55. The van der Waals surface area contributed by atoms with Crippen LogP contribution in [-0.2, 0) is 10.0 Å². The average Bonchev–Trinajstić information content (AvgIpc) is 2.73. The molecule has 3 aromatic rings. The summed E-state index contributed by atoms with van der Waals surface area (Å²) in [6.45, 7) is 1.07. The normalized spacial score (nSPS) is 11.3. The molecule has 1 N–H and O–H groups in total. The van der Waals surface area contributed by atoms with Crippen LogP contribution in [0.4, 0.5) is 4.39 Å². The lowest BCUT2D eigenvalue weighted by Crippen LogP contribution is -2.30. The lowest BCUT2D eigenvalue weighted by Gasteiger charge is -2.13. The Balaban J connectivity index is 1.88. The largest absolute Gasteiger partial charge is 0.495 e. The number of rotatable bonds is 7. The number of Topliss-reactive ketones (excluding diaryl/α,β-unsaturated/α-hetero) is 1. The summed E-state index contributed by atoms with van der Waals surface area (Å²) < 4.78 is 46.9. The molecule has 29 heavy (non-hydrogen) atoms. The average molecular weight is 413 g/mol. The van der Waals surface area contributed by atoms with Gasteiger partial charge >= 0.3 is 0 Å². The predicted molar refractivity (Wildman–Crippen MR) is 109 cm³/mol. The van der Waals surface area contributed by atoms with Crippen molar-refractivity contribution in [3.8, 4) is 16.9 Å². The SMILES string of the molecule is COc1ccccc1S(=O)(=O)NCC(=O)c1c(F)ccc(-c2ccccc2)c1C. The van der Waals surface area contributed by atoms with Crippen molar-refractivity contribution in [1.29, 1.82) is 0 Å². The van der Waals surface area contributed by atoms with Crippen LogP contribution in [0, 0.1) is 12.7 Å². The third-order valence-electron chi connectivity index (χ3n) is 4.56. The van der Waals surface area contributed by atoms with Gasteiger partial charge in [-0.1, -0.05) is 48.5 Å². The van der Waals surface area contributed by atoms with E-state index in [1.54, 1.807) is 25.1 Å². The van der Waals surface area contributed by atoms with E-state index >= 15 is 0 Å². The van der Waals surface area contributed by atoms with Crippen molar-refractivity contribution in [1.82, 2.24) is 4.72 Å². The van der Waals surface area contributed by atoms with E-state index in [0.717, 1.165) is 5.56 Å². The van der Waals surface area contributed by atoms with E-state index in [1.165, 1.54) is 25.3 Å². The Labute approximate surface area is 169 Å². The number of hydrogen-bond acceptors (Lipinski definition) is 4. The summed E-state index contributed by atoms with van der Waals surface area (Å²) in [4.78, 5) is 12.6. The molecule has 0 saturated heterocycles. The highest BCUT2D eigenvalue weighted by molar-refractivity contribution is 7.89. The Bertz CT molecular complexity index is 1140. The van der Waals surface area contributed by atoms with E-state index in [4.69, 9.17) is 4.74 Å². The summed E-state index contributed by atoms with van der Waals surface area (Å²) in [6, 6.07) is 18.2. The number of sulfonamides is 1. The van der Waals surface area contributed by atoms with Crippen molar-refractivity contribution < 1.29 is 22.3 Å². The molecule has 0 spiro atoms. The second-order valence-electron chi connectivity index (χ2n) is 6.36. The Morgan fingerprint density at radius 1 is 1.00 bits per heavy atom. The maximum absolute atomic E-state index is 14.4.